The van der Waals surface area contributed by atoms with Crippen LogP contribution in [0.3, 0.4) is 0 Å². The van der Waals surface area contributed by atoms with Crippen molar-refractivity contribution < 1.29 is 73.9 Å². The Morgan fingerprint density at radius 2 is 0.664 bits per heavy atom. The molecular formula is C81H111Cl6N13O16S3. The number of amides is 6. The highest BCUT2D eigenvalue weighted by Gasteiger charge is 2.32. The SMILES string of the molecule is CN1Cc2c(Cl)cc(Cl)cc2C(c2cccc(S(=O)NCCOCCOCCOCCNC(=O)NCCN(CCNC(=O)NCCOCCOCCOCCNS(=O)c3cccc(C4CN(C)Cc5c(Cl)cc(Cl)cc54)c3)CCNC(=O)NCCOCCOCCOCCNS(=O)(=O)c3cccc(C4CN(C)Cc5c(Cl)cc(Cl)cc54)c3)c2)C1. The molecular weight excluding hydrogens is 1720 g/mol. The van der Waals surface area contributed by atoms with Gasteiger partial charge in [-0.05, 0) is 144 Å². The maximum Gasteiger partial charge on any atom is 0.314 e. The lowest BCUT2D eigenvalue weighted by Crippen LogP contribution is -2.47. The predicted molar refractivity (Wildman–Crippen MR) is 465 cm³/mol. The molecule has 0 saturated carbocycles. The monoisotopic (exact) mass is 1830 g/mol. The summed E-state index contributed by atoms with van der Waals surface area (Å²) in [5.41, 5.74) is 9.14. The van der Waals surface area contributed by atoms with Gasteiger partial charge in [-0.2, -0.15) is 0 Å². The van der Waals surface area contributed by atoms with E-state index in [1.54, 1.807) is 36.4 Å². The van der Waals surface area contributed by atoms with Gasteiger partial charge in [0.25, 0.3) is 0 Å². The Hall–Kier alpha value is -5.52. The van der Waals surface area contributed by atoms with E-state index < -0.39 is 50.1 Å². The number of rotatable bonds is 54. The van der Waals surface area contributed by atoms with Gasteiger partial charge in [-0.3, -0.25) is 4.90 Å². The van der Waals surface area contributed by atoms with Crippen LogP contribution in [-0.2, 0) is 94.3 Å². The molecule has 5 atom stereocenters. The Morgan fingerprint density at radius 3 is 1.00 bits per heavy atom. The molecule has 9 N–H and O–H groups in total. The van der Waals surface area contributed by atoms with Crippen molar-refractivity contribution in [2.24, 2.45) is 0 Å². The van der Waals surface area contributed by atoms with Gasteiger partial charge >= 0.3 is 18.1 Å². The number of urea groups is 3. The number of halogens is 6. The van der Waals surface area contributed by atoms with Gasteiger partial charge in [0.05, 0.1) is 134 Å². The first-order valence-corrected chi connectivity index (χ1v) is 45.7. The van der Waals surface area contributed by atoms with Gasteiger partial charge in [0.15, 0.2) is 0 Å². The standard InChI is InChI=1S/C81H111Cl6N13O16S3/c1-97-52-70(67-46-61(82)49-76(85)73(67)55-97)58-7-4-10-64(43-58)117(104)94-19-28-111-34-40-114-37-31-108-25-16-91-79(101)88-13-22-100(23-14-89-80(102)92-17-26-109-32-38-115-41-35-112-29-20-95-118(105)65-11-5-8-59(44-65)71-53-98(2)56-74-68(71)47-62(83)50-77(74)86)24-15-90-81(103)93-18-27-110-33-39-116-42-36-113-30-21-96-119(106,107)66-12-6-9-60(45-66)72-54-99(3)57-75-69(72)48-63(84)51-78(75)87/h4-12,43-51,70-72,94-96H,13-42,52-57H2,1-3H3,(H2,88,91,101)(H2,89,92,102)(H2,90,93,103). The summed E-state index contributed by atoms with van der Waals surface area (Å²) in [6.45, 7) is 13.1. The predicted octanol–water partition coefficient (Wildman–Crippen LogP) is 8.59. The van der Waals surface area contributed by atoms with Crippen molar-refractivity contribution in [1.29, 1.82) is 0 Å². The van der Waals surface area contributed by atoms with E-state index >= 15 is 0 Å². The minimum Gasteiger partial charge on any atom is -0.378 e. The highest BCUT2D eigenvalue weighted by Crippen LogP contribution is 2.42. The van der Waals surface area contributed by atoms with Crippen LogP contribution in [0, 0.1) is 0 Å². The summed E-state index contributed by atoms with van der Waals surface area (Å²) < 4.78 is 112. The Morgan fingerprint density at radius 1 is 0.378 bits per heavy atom. The fourth-order valence-electron chi connectivity index (χ4n) is 13.7. The van der Waals surface area contributed by atoms with Crippen molar-refractivity contribution >= 4 is 120 Å². The quantitative estimate of drug-likeness (QED) is 0.0161. The Kier molecular flexibility index (Phi) is 43.3. The van der Waals surface area contributed by atoms with Crippen LogP contribution in [0.15, 0.2) is 124 Å². The maximum absolute atomic E-state index is 13.3. The summed E-state index contributed by atoms with van der Waals surface area (Å²) in [6, 6.07) is 32.3. The van der Waals surface area contributed by atoms with Crippen LogP contribution in [-0.4, -0.2) is 293 Å². The van der Waals surface area contributed by atoms with Crippen molar-refractivity contribution in [3.05, 3.63) is 189 Å². The molecule has 0 aromatic heterocycles. The minimum atomic E-state index is -3.83. The van der Waals surface area contributed by atoms with Crippen molar-refractivity contribution in [2.45, 2.75) is 52.1 Å². The van der Waals surface area contributed by atoms with E-state index in [0.717, 1.165) is 76.3 Å². The van der Waals surface area contributed by atoms with Crippen LogP contribution < -0.4 is 46.1 Å². The first kappa shape index (κ1) is 97.3. The number of ether oxygens (including phenoxy) is 9. The first-order valence-electron chi connectivity index (χ1n) is 39.6. The Balaban J connectivity index is 0.587. The lowest BCUT2D eigenvalue weighted by Gasteiger charge is -2.33. The first-order chi connectivity index (χ1) is 57.6. The number of fused-ring (bicyclic) bond motifs is 3. The van der Waals surface area contributed by atoms with Gasteiger partial charge in [0.1, 0.15) is 22.0 Å². The second-order valence-corrected chi connectivity index (χ2v) is 35.3. The van der Waals surface area contributed by atoms with E-state index in [4.69, 9.17) is 112 Å². The number of carbonyl (C=O) groups excluding carboxylic acids is 3. The second kappa shape index (κ2) is 53.0. The van der Waals surface area contributed by atoms with E-state index in [-0.39, 0.29) is 121 Å². The van der Waals surface area contributed by atoms with Crippen LogP contribution in [0.25, 0.3) is 0 Å². The number of hydrogen-bond donors (Lipinski definition) is 9. The normalized spacial score (nSPS) is 16.2. The molecule has 0 radical (unpaired) electrons. The highest BCUT2D eigenvalue weighted by atomic mass is 35.5. The largest absolute Gasteiger partial charge is 0.378 e. The van der Waals surface area contributed by atoms with Crippen LogP contribution in [0.4, 0.5) is 14.4 Å². The molecule has 6 aromatic carbocycles. The van der Waals surface area contributed by atoms with Crippen LogP contribution in [0.5, 0.6) is 0 Å². The van der Waals surface area contributed by atoms with Crippen LogP contribution >= 0.6 is 69.6 Å². The molecule has 119 heavy (non-hydrogen) atoms. The number of likely N-dealkylation sites (N-methyl/N-ethyl adjacent to an activating group) is 3. The van der Waals surface area contributed by atoms with E-state index in [2.05, 4.69) is 74.9 Å². The Bertz CT molecular complexity index is 4180. The zero-order chi connectivity index (χ0) is 84.7. The number of sulfonamides is 1. The lowest BCUT2D eigenvalue weighted by atomic mass is 9.85. The van der Waals surface area contributed by atoms with Crippen molar-refractivity contribution in [3.63, 3.8) is 0 Å². The molecule has 6 aromatic rings. The molecule has 38 heteroatoms. The van der Waals surface area contributed by atoms with Gasteiger partial charge in [0.2, 0.25) is 10.0 Å². The average Bonchev–Trinajstić information content (AvgIpc) is 0.784. The van der Waals surface area contributed by atoms with Crippen LogP contribution in [0.1, 0.15) is 67.8 Å². The van der Waals surface area contributed by atoms with Crippen molar-refractivity contribution in [1.82, 2.24) is 65.7 Å². The van der Waals surface area contributed by atoms with Crippen LogP contribution in [0.2, 0.25) is 30.1 Å². The molecule has 0 spiro atoms. The van der Waals surface area contributed by atoms with Gasteiger partial charge in [-0.1, -0.05) is 106 Å². The molecule has 0 fully saturated rings. The average molecular weight is 1830 g/mol. The molecule has 0 aliphatic carbocycles. The lowest BCUT2D eigenvalue weighted by molar-refractivity contribution is 0.0165. The van der Waals surface area contributed by atoms with Crippen molar-refractivity contribution in [2.75, 3.05) is 238 Å². The zero-order valence-corrected chi connectivity index (χ0v) is 74.4. The molecule has 656 valence electrons. The number of hydrogen-bond acceptors (Lipinski definition) is 20. The molecule has 5 unspecified atom stereocenters. The van der Waals surface area contributed by atoms with Gasteiger partial charge in [-0.25, -0.2) is 45.4 Å². The summed E-state index contributed by atoms with van der Waals surface area (Å²) >= 11 is 38.9. The number of carbonyl (C=O) groups is 3. The molecule has 3 aliphatic heterocycles. The minimum absolute atomic E-state index is 0.0279. The maximum atomic E-state index is 13.3. The van der Waals surface area contributed by atoms with Gasteiger partial charge in [-0.15, -0.1) is 0 Å². The molecule has 0 saturated heterocycles. The summed E-state index contributed by atoms with van der Waals surface area (Å²) in [4.78, 5) is 48.3. The third-order valence-corrected chi connectivity index (χ3v) is 24.9. The third kappa shape index (κ3) is 33.8. The number of nitrogens with zero attached hydrogens (tertiary/aromatic N) is 4. The molecule has 9 rings (SSSR count). The molecule has 3 heterocycles. The third-order valence-electron chi connectivity index (χ3n) is 19.5. The van der Waals surface area contributed by atoms with Gasteiger partial charge in [0, 0.05) is 166 Å². The summed E-state index contributed by atoms with van der Waals surface area (Å²) in [5, 5.41) is 20.4. The fourth-order valence-corrected chi connectivity index (χ4v) is 18.3. The van der Waals surface area contributed by atoms with Crippen molar-refractivity contribution in [3.8, 4) is 0 Å². The molecule has 3 aliphatic rings. The number of benzene rings is 6. The van der Waals surface area contributed by atoms with E-state index in [1.165, 1.54) is 0 Å². The number of nitrogens with one attached hydrogen (secondary N) is 9. The fraction of sp³-hybridized carbons (Fsp3) is 0.519. The molecule has 6 amide bonds. The molecule has 0 bridgehead atoms. The van der Waals surface area contributed by atoms with Gasteiger partial charge < -0.3 is 89.2 Å². The highest BCUT2D eigenvalue weighted by molar-refractivity contribution is 7.89. The smallest absolute Gasteiger partial charge is 0.314 e. The summed E-state index contributed by atoms with van der Waals surface area (Å²) in [6.07, 6.45) is 0. The summed E-state index contributed by atoms with van der Waals surface area (Å²) in [7, 11) is -0.629. The Labute approximate surface area is 733 Å². The van der Waals surface area contributed by atoms with E-state index in [9.17, 15) is 31.2 Å². The van der Waals surface area contributed by atoms with E-state index in [1.807, 2.05) is 84.7 Å². The van der Waals surface area contributed by atoms with E-state index in [0.29, 0.717) is 152 Å². The summed E-state index contributed by atoms with van der Waals surface area (Å²) in [5.74, 6) is -0.0585. The zero-order valence-electron chi connectivity index (χ0n) is 67.4. The second-order valence-electron chi connectivity index (χ2n) is 28.5. The topological polar surface area (TPSA) is 324 Å². The molecule has 29 nitrogen and oxygen atoms in total.